The van der Waals surface area contributed by atoms with Crippen molar-refractivity contribution in [1.29, 1.82) is 0 Å². The van der Waals surface area contributed by atoms with Gasteiger partial charge in [0, 0.05) is 30.9 Å². The van der Waals surface area contributed by atoms with Crippen molar-refractivity contribution in [3.8, 4) is 0 Å². The smallest absolute Gasteiger partial charge is 0.251 e. The molecule has 1 amide bonds. The molecule has 2 aromatic rings. The average molecular weight is 286 g/mol. The number of aromatic nitrogens is 2. The van der Waals surface area contributed by atoms with Crippen LogP contribution in [0.5, 0.6) is 0 Å². The van der Waals surface area contributed by atoms with Gasteiger partial charge >= 0.3 is 0 Å². The molecule has 112 valence electrons. The van der Waals surface area contributed by atoms with E-state index in [0.29, 0.717) is 6.54 Å². The van der Waals surface area contributed by atoms with Crippen LogP contribution in [-0.4, -0.2) is 29.3 Å². The second-order valence-corrected chi connectivity index (χ2v) is 5.11. The van der Waals surface area contributed by atoms with Crippen molar-refractivity contribution in [3.63, 3.8) is 0 Å². The normalized spacial score (nSPS) is 10.6. The second-order valence-electron chi connectivity index (χ2n) is 5.11. The number of nitrogens with zero attached hydrogens (tertiary/aromatic N) is 2. The van der Waals surface area contributed by atoms with Crippen LogP contribution in [0.2, 0.25) is 0 Å². The largest absolute Gasteiger partial charge is 0.348 e. The third kappa shape index (κ3) is 3.92. The predicted octanol–water partition coefficient (Wildman–Crippen LogP) is 1.42. The highest BCUT2D eigenvalue weighted by Crippen LogP contribution is 2.10. The van der Waals surface area contributed by atoms with Crippen LogP contribution >= 0.6 is 0 Å². The van der Waals surface area contributed by atoms with Crippen molar-refractivity contribution in [1.82, 2.24) is 20.4 Å². The summed E-state index contributed by atoms with van der Waals surface area (Å²) in [5, 5.41) is 10.4. The summed E-state index contributed by atoms with van der Waals surface area (Å²) in [6, 6.07) is 7.73. The topological polar surface area (TPSA) is 59.0 Å². The standard InChI is InChI=1S/C16H22N4O/c1-12-14(11-20(3)19-12)10-18-16(21)15-7-5-4-6-13(15)8-9-17-2/h4-7,11,17H,8-10H2,1-3H3,(H,18,21). The van der Waals surface area contributed by atoms with Gasteiger partial charge in [-0.1, -0.05) is 18.2 Å². The van der Waals surface area contributed by atoms with E-state index in [9.17, 15) is 4.79 Å². The number of benzene rings is 1. The number of nitrogens with one attached hydrogen (secondary N) is 2. The lowest BCUT2D eigenvalue weighted by Gasteiger charge is -2.09. The van der Waals surface area contributed by atoms with Gasteiger partial charge in [-0.3, -0.25) is 9.48 Å². The summed E-state index contributed by atoms with van der Waals surface area (Å²) < 4.78 is 1.76. The third-order valence-corrected chi connectivity index (χ3v) is 3.46. The molecule has 0 bridgehead atoms. The number of likely N-dealkylation sites (N-methyl/N-ethyl adjacent to an activating group) is 1. The SMILES string of the molecule is CNCCc1ccccc1C(=O)NCc1cn(C)nc1C. The van der Waals surface area contributed by atoms with Crippen molar-refractivity contribution in [3.05, 3.63) is 52.8 Å². The average Bonchev–Trinajstić information content (AvgIpc) is 2.81. The van der Waals surface area contributed by atoms with Crippen LogP contribution in [0.25, 0.3) is 0 Å². The highest BCUT2D eigenvalue weighted by molar-refractivity contribution is 5.95. The van der Waals surface area contributed by atoms with Gasteiger partial charge in [-0.2, -0.15) is 5.10 Å². The molecule has 5 heteroatoms. The number of amides is 1. The van der Waals surface area contributed by atoms with E-state index in [0.717, 1.165) is 35.3 Å². The summed E-state index contributed by atoms with van der Waals surface area (Å²) >= 11 is 0. The minimum atomic E-state index is -0.0371. The first-order valence-electron chi connectivity index (χ1n) is 7.11. The first kappa shape index (κ1) is 15.3. The van der Waals surface area contributed by atoms with Crippen molar-refractivity contribution in [2.75, 3.05) is 13.6 Å². The molecule has 0 fully saturated rings. The Kier molecular flexibility index (Phi) is 5.11. The van der Waals surface area contributed by atoms with Crippen LogP contribution < -0.4 is 10.6 Å². The maximum Gasteiger partial charge on any atom is 0.251 e. The van der Waals surface area contributed by atoms with E-state index >= 15 is 0 Å². The van der Waals surface area contributed by atoms with Gasteiger partial charge < -0.3 is 10.6 Å². The van der Waals surface area contributed by atoms with E-state index in [1.165, 1.54) is 0 Å². The molecule has 0 aliphatic heterocycles. The quantitative estimate of drug-likeness (QED) is 0.844. The summed E-state index contributed by atoms with van der Waals surface area (Å²) in [6.07, 6.45) is 2.77. The fourth-order valence-electron chi connectivity index (χ4n) is 2.31. The maximum absolute atomic E-state index is 12.4. The van der Waals surface area contributed by atoms with Crippen molar-refractivity contribution in [2.45, 2.75) is 19.9 Å². The molecular weight excluding hydrogens is 264 g/mol. The molecule has 0 atom stereocenters. The van der Waals surface area contributed by atoms with Gasteiger partial charge in [0.1, 0.15) is 0 Å². The zero-order chi connectivity index (χ0) is 15.2. The highest BCUT2D eigenvalue weighted by atomic mass is 16.1. The van der Waals surface area contributed by atoms with E-state index < -0.39 is 0 Å². The number of hydrogen-bond acceptors (Lipinski definition) is 3. The number of carbonyl (C=O) groups is 1. The monoisotopic (exact) mass is 286 g/mol. The Morgan fingerprint density at radius 3 is 2.71 bits per heavy atom. The van der Waals surface area contributed by atoms with E-state index in [1.54, 1.807) is 4.68 Å². The Morgan fingerprint density at radius 1 is 1.29 bits per heavy atom. The van der Waals surface area contributed by atoms with Crippen molar-refractivity contribution in [2.24, 2.45) is 7.05 Å². The Morgan fingerprint density at radius 2 is 2.05 bits per heavy atom. The van der Waals surface area contributed by atoms with Gasteiger partial charge in [-0.25, -0.2) is 0 Å². The minimum Gasteiger partial charge on any atom is -0.348 e. The minimum absolute atomic E-state index is 0.0371. The summed E-state index contributed by atoms with van der Waals surface area (Å²) in [6.45, 7) is 3.30. The number of rotatable bonds is 6. The van der Waals surface area contributed by atoms with E-state index in [1.807, 2.05) is 51.5 Å². The lowest BCUT2D eigenvalue weighted by Crippen LogP contribution is -2.25. The molecule has 5 nitrogen and oxygen atoms in total. The van der Waals surface area contributed by atoms with Crippen molar-refractivity contribution < 1.29 is 4.79 Å². The molecule has 1 aromatic heterocycles. The Hall–Kier alpha value is -2.14. The molecule has 0 spiro atoms. The van der Waals surface area contributed by atoms with Crippen LogP contribution in [0.15, 0.2) is 30.5 Å². The van der Waals surface area contributed by atoms with Gasteiger partial charge in [0.15, 0.2) is 0 Å². The molecule has 0 aliphatic rings. The molecule has 0 aliphatic carbocycles. The first-order valence-corrected chi connectivity index (χ1v) is 7.11. The van der Waals surface area contributed by atoms with Crippen LogP contribution in [0, 0.1) is 6.92 Å². The Bertz CT molecular complexity index is 618. The molecule has 0 unspecified atom stereocenters. The molecule has 2 N–H and O–H groups in total. The van der Waals surface area contributed by atoms with Crippen LogP contribution in [0.3, 0.4) is 0 Å². The Labute approximate surface area is 125 Å². The highest BCUT2D eigenvalue weighted by Gasteiger charge is 2.11. The molecule has 1 heterocycles. The summed E-state index contributed by atoms with van der Waals surface area (Å²) in [7, 11) is 3.79. The van der Waals surface area contributed by atoms with Crippen molar-refractivity contribution >= 4 is 5.91 Å². The Balaban J connectivity index is 2.05. The molecular formula is C16H22N4O. The molecule has 0 radical (unpaired) electrons. The summed E-state index contributed by atoms with van der Waals surface area (Å²) in [5.41, 5.74) is 3.79. The van der Waals surface area contributed by atoms with Gasteiger partial charge in [0.25, 0.3) is 5.91 Å². The fourth-order valence-corrected chi connectivity index (χ4v) is 2.31. The number of hydrogen-bond donors (Lipinski definition) is 2. The predicted molar refractivity (Wildman–Crippen MR) is 83.2 cm³/mol. The molecule has 2 rings (SSSR count). The lowest BCUT2D eigenvalue weighted by molar-refractivity contribution is 0.0950. The van der Waals surface area contributed by atoms with Gasteiger partial charge in [-0.15, -0.1) is 0 Å². The van der Waals surface area contributed by atoms with Crippen LogP contribution in [-0.2, 0) is 20.0 Å². The maximum atomic E-state index is 12.4. The van der Waals surface area contributed by atoms with Gasteiger partial charge in [0.05, 0.1) is 5.69 Å². The first-order chi connectivity index (χ1) is 10.1. The summed E-state index contributed by atoms with van der Waals surface area (Å²) in [5.74, 6) is -0.0371. The second kappa shape index (κ2) is 7.04. The number of carbonyl (C=O) groups excluding carboxylic acids is 1. The van der Waals surface area contributed by atoms with E-state index in [4.69, 9.17) is 0 Å². The molecule has 1 aromatic carbocycles. The fraction of sp³-hybridized carbons (Fsp3) is 0.375. The lowest BCUT2D eigenvalue weighted by atomic mass is 10.0. The summed E-state index contributed by atoms with van der Waals surface area (Å²) in [4.78, 5) is 12.4. The van der Waals surface area contributed by atoms with Crippen LogP contribution in [0.1, 0.15) is 27.2 Å². The zero-order valence-electron chi connectivity index (χ0n) is 12.8. The van der Waals surface area contributed by atoms with Gasteiger partial charge in [0.2, 0.25) is 0 Å². The van der Waals surface area contributed by atoms with Crippen LogP contribution in [0.4, 0.5) is 0 Å². The molecule has 0 saturated carbocycles. The van der Waals surface area contributed by atoms with E-state index in [-0.39, 0.29) is 5.91 Å². The zero-order valence-corrected chi connectivity index (χ0v) is 12.8. The molecule has 21 heavy (non-hydrogen) atoms. The third-order valence-electron chi connectivity index (χ3n) is 3.46. The molecule has 0 saturated heterocycles. The van der Waals surface area contributed by atoms with Gasteiger partial charge in [-0.05, 0) is 38.6 Å². The number of aryl methyl sites for hydroxylation is 2. The van der Waals surface area contributed by atoms with E-state index in [2.05, 4.69) is 15.7 Å².